The number of hydrogen-bond donors (Lipinski definition) is 2. The summed E-state index contributed by atoms with van der Waals surface area (Å²) in [4.78, 5) is 20.9. The zero-order valence-electron chi connectivity index (χ0n) is 19.6. The number of alkyl halides is 3. The zero-order valence-corrected chi connectivity index (χ0v) is 19.6. The molecule has 2 N–H and O–H groups in total. The van der Waals surface area contributed by atoms with Gasteiger partial charge < -0.3 is 9.84 Å². The maximum atomic E-state index is 13.9. The first kappa shape index (κ1) is 24.6. The number of aromatic nitrogens is 1. The van der Waals surface area contributed by atoms with E-state index in [1.54, 1.807) is 0 Å². The Bertz CT molecular complexity index is 878. The molecule has 0 radical (unpaired) electrons. The standard InChI is InChI=1S/C24H34F3N3O3/c1-15(2)23(7-4-18(11-23)29(3)20-6-9-33-14-21(20)31)22(32)30-8-5-19-16(13-30)10-17(12-28-19)24(25,26)27/h10,12,15,18,20-21,31H,4-9,11,13-14H2,1-3H3/p+1/t18-,20?,21?,23+/m1/s1. The molecule has 33 heavy (non-hydrogen) atoms. The van der Waals surface area contributed by atoms with Crippen LogP contribution in [0.15, 0.2) is 12.3 Å². The van der Waals surface area contributed by atoms with Crippen molar-refractivity contribution in [3.63, 3.8) is 0 Å². The molecule has 1 saturated carbocycles. The molecule has 4 rings (SSSR count). The highest BCUT2D eigenvalue weighted by atomic mass is 19.4. The number of nitrogens with zero attached hydrogens (tertiary/aromatic N) is 2. The summed E-state index contributed by atoms with van der Waals surface area (Å²) in [7, 11) is 2.03. The summed E-state index contributed by atoms with van der Waals surface area (Å²) in [6.07, 6.45) is -0.484. The van der Waals surface area contributed by atoms with Gasteiger partial charge in [-0.15, -0.1) is 0 Å². The van der Waals surface area contributed by atoms with Crippen LogP contribution in [0.4, 0.5) is 13.2 Å². The van der Waals surface area contributed by atoms with Crippen LogP contribution < -0.4 is 4.90 Å². The van der Waals surface area contributed by atoms with Crippen LogP contribution in [0.25, 0.3) is 0 Å². The van der Waals surface area contributed by atoms with Gasteiger partial charge in [0.1, 0.15) is 6.54 Å². The van der Waals surface area contributed by atoms with Crippen molar-refractivity contribution in [2.45, 2.75) is 76.9 Å². The predicted octanol–water partition coefficient (Wildman–Crippen LogP) is 1.84. The third-order valence-electron chi connectivity index (χ3n) is 8.25. The lowest BCUT2D eigenvalue weighted by Crippen LogP contribution is -3.16. The molecule has 3 unspecified atom stereocenters. The number of fused-ring (bicyclic) bond motifs is 1. The molecule has 0 bridgehead atoms. The molecule has 184 valence electrons. The number of nitrogens with one attached hydrogen (secondary N) is 1. The van der Waals surface area contributed by atoms with E-state index in [1.165, 1.54) is 0 Å². The van der Waals surface area contributed by atoms with E-state index in [4.69, 9.17) is 4.74 Å². The fourth-order valence-electron chi connectivity index (χ4n) is 6.05. The van der Waals surface area contributed by atoms with Crippen molar-refractivity contribution in [2.24, 2.45) is 11.3 Å². The summed E-state index contributed by atoms with van der Waals surface area (Å²) in [5, 5.41) is 10.4. The molecule has 6 nitrogen and oxygen atoms in total. The predicted molar refractivity (Wildman–Crippen MR) is 115 cm³/mol. The highest BCUT2D eigenvalue weighted by molar-refractivity contribution is 5.75. The first-order valence-electron chi connectivity index (χ1n) is 11.9. The van der Waals surface area contributed by atoms with Crippen LogP contribution in [0.1, 0.15) is 56.4 Å². The largest absolute Gasteiger partial charge is 0.417 e. The molecular formula is C24H35F3N3O3+. The quantitative estimate of drug-likeness (QED) is 0.703. The zero-order chi connectivity index (χ0) is 24.0. The van der Waals surface area contributed by atoms with E-state index in [0.29, 0.717) is 43.9 Å². The van der Waals surface area contributed by atoms with E-state index in [1.807, 2.05) is 7.05 Å². The molecule has 0 aromatic carbocycles. The van der Waals surface area contributed by atoms with Gasteiger partial charge in [-0.05, 0) is 44.7 Å². The molecule has 1 aromatic rings. The normalized spacial score (nSPS) is 32.9. The van der Waals surface area contributed by atoms with Crippen LogP contribution >= 0.6 is 0 Å². The van der Waals surface area contributed by atoms with Crippen molar-refractivity contribution in [3.05, 3.63) is 29.1 Å². The van der Waals surface area contributed by atoms with Gasteiger partial charge in [0.25, 0.3) is 0 Å². The number of quaternary nitrogens is 1. The van der Waals surface area contributed by atoms with Crippen LogP contribution in [0.2, 0.25) is 0 Å². The smallest absolute Gasteiger partial charge is 0.389 e. The first-order valence-corrected chi connectivity index (χ1v) is 11.9. The average Bonchev–Trinajstić information content (AvgIpc) is 3.24. The van der Waals surface area contributed by atoms with Crippen molar-refractivity contribution in [1.82, 2.24) is 9.88 Å². The van der Waals surface area contributed by atoms with Crippen LogP contribution in [-0.2, 0) is 28.7 Å². The molecule has 1 saturated heterocycles. The topological polar surface area (TPSA) is 67.1 Å². The number of halogens is 3. The third kappa shape index (κ3) is 4.70. The van der Waals surface area contributed by atoms with E-state index in [0.717, 1.165) is 36.4 Å². The fraction of sp³-hybridized carbons (Fsp3) is 0.750. The molecule has 1 amide bonds. The van der Waals surface area contributed by atoms with E-state index >= 15 is 0 Å². The van der Waals surface area contributed by atoms with Gasteiger partial charge in [-0.2, -0.15) is 13.2 Å². The maximum absolute atomic E-state index is 13.9. The lowest BCUT2D eigenvalue weighted by atomic mass is 9.73. The minimum absolute atomic E-state index is 0.0166. The number of carbonyl (C=O) groups excluding carboxylic acids is 1. The van der Waals surface area contributed by atoms with E-state index in [9.17, 15) is 23.1 Å². The van der Waals surface area contributed by atoms with Gasteiger partial charge in [0.2, 0.25) is 0 Å². The number of hydrogen-bond acceptors (Lipinski definition) is 5. The number of aliphatic hydroxyl groups is 1. The summed E-state index contributed by atoms with van der Waals surface area (Å²) in [6, 6.07) is 1.36. The molecule has 1 aromatic heterocycles. The van der Waals surface area contributed by atoms with Gasteiger partial charge in [-0.25, -0.2) is 4.79 Å². The van der Waals surface area contributed by atoms with E-state index in [-0.39, 0.29) is 30.5 Å². The number of ether oxygens (including phenoxy) is 1. The summed E-state index contributed by atoms with van der Waals surface area (Å²) in [5.41, 5.74) is -0.0890. The minimum Gasteiger partial charge on any atom is -0.389 e. The van der Waals surface area contributed by atoms with Crippen molar-refractivity contribution in [2.75, 3.05) is 26.8 Å². The Labute approximate surface area is 193 Å². The molecule has 5 atom stereocenters. The van der Waals surface area contributed by atoms with Crippen LogP contribution in [0.3, 0.4) is 0 Å². The van der Waals surface area contributed by atoms with Crippen molar-refractivity contribution < 1.29 is 32.7 Å². The number of carbonyl (C=O) groups is 1. The second-order valence-electron chi connectivity index (χ2n) is 10.3. The Morgan fingerprint density at radius 2 is 2.12 bits per heavy atom. The average molecular weight is 471 g/mol. The summed E-state index contributed by atoms with van der Waals surface area (Å²) in [5.74, 6) is 0.237. The van der Waals surface area contributed by atoms with Gasteiger partial charge in [-0.1, -0.05) is 13.8 Å². The van der Waals surface area contributed by atoms with E-state index < -0.39 is 23.3 Å². The molecule has 3 heterocycles. The Kier molecular flexibility index (Phi) is 6.88. The van der Waals surface area contributed by atoms with Gasteiger partial charge in [0, 0.05) is 36.9 Å². The molecule has 2 aliphatic heterocycles. The van der Waals surface area contributed by atoms with Crippen molar-refractivity contribution >= 4 is 5.91 Å². The van der Waals surface area contributed by atoms with Gasteiger partial charge in [0.05, 0.1) is 35.9 Å². The van der Waals surface area contributed by atoms with Gasteiger partial charge >= 0.3 is 12.1 Å². The minimum atomic E-state index is -4.44. The lowest BCUT2D eigenvalue weighted by molar-refractivity contribution is -0.841. The summed E-state index contributed by atoms with van der Waals surface area (Å²) in [6.45, 7) is 5.91. The Hall–Kier alpha value is -1.55. The van der Waals surface area contributed by atoms with Gasteiger partial charge in [-0.3, -0.25) is 14.8 Å². The number of rotatable bonds is 4. The van der Waals surface area contributed by atoms with Crippen molar-refractivity contribution in [3.8, 4) is 0 Å². The molecular weight excluding hydrogens is 435 g/mol. The molecule has 3 aliphatic rings. The van der Waals surface area contributed by atoms with E-state index in [2.05, 4.69) is 23.7 Å². The molecule has 1 aliphatic carbocycles. The highest BCUT2D eigenvalue weighted by Gasteiger charge is 2.54. The number of pyridine rings is 1. The molecule has 2 fully saturated rings. The Morgan fingerprint density at radius 1 is 1.36 bits per heavy atom. The lowest BCUT2D eigenvalue weighted by Gasteiger charge is -2.40. The summed E-state index contributed by atoms with van der Waals surface area (Å²) < 4.78 is 44.9. The SMILES string of the molecule is CC(C)[C@]1(C(=O)[NH+]2CCc3ncc(C(F)(F)F)cc3C2)CC[C@@H](N(C)C2CCOCC2O)C1. The third-order valence-corrected chi connectivity index (χ3v) is 8.25. The molecule has 0 spiro atoms. The second-order valence-corrected chi connectivity index (χ2v) is 10.3. The van der Waals surface area contributed by atoms with Crippen molar-refractivity contribution in [1.29, 1.82) is 0 Å². The first-order chi connectivity index (χ1) is 15.5. The number of amides is 1. The monoisotopic (exact) mass is 470 g/mol. The second kappa shape index (κ2) is 9.24. The highest BCUT2D eigenvalue weighted by Crippen LogP contribution is 2.46. The van der Waals surface area contributed by atoms with Crippen LogP contribution in [-0.4, -0.2) is 65.9 Å². The fourth-order valence-corrected chi connectivity index (χ4v) is 6.05. The Morgan fingerprint density at radius 3 is 2.79 bits per heavy atom. The summed E-state index contributed by atoms with van der Waals surface area (Å²) >= 11 is 0. The van der Waals surface area contributed by atoms with Crippen LogP contribution in [0, 0.1) is 11.3 Å². The van der Waals surface area contributed by atoms with Crippen LogP contribution in [0.5, 0.6) is 0 Å². The maximum Gasteiger partial charge on any atom is 0.417 e. The Balaban J connectivity index is 1.51. The number of aliphatic hydroxyl groups excluding tert-OH is 1. The molecule has 9 heteroatoms. The van der Waals surface area contributed by atoms with Gasteiger partial charge in [0.15, 0.2) is 0 Å². The number of likely N-dealkylation sites (N-methyl/N-ethyl adjacent to an activating group) is 1.